The number of urea groups is 1. The van der Waals surface area contributed by atoms with Gasteiger partial charge in [0, 0.05) is 13.0 Å². The van der Waals surface area contributed by atoms with E-state index in [4.69, 9.17) is 6.42 Å². The van der Waals surface area contributed by atoms with Crippen molar-refractivity contribution in [3.05, 3.63) is 0 Å². The standard InChI is InChI=1S/C13H20N2O3/c1-3-4-8-14-12(18)15-13(11(16)17)7-5-6-10(2)9-13/h1,10H,4-9H2,2H3,(H,16,17)(H2,14,15,18). The summed E-state index contributed by atoms with van der Waals surface area (Å²) in [5.74, 6) is 1.76. The summed E-state index contributed by atoms with van der Waals surface area (Å²) in [5, 5.41) is 14.5. The molecule has 1 aliphatic carbocycles. The summed E-state index contributed by atoms with van der Waals surface area (Å²) in [6.45, 7) is 2.36. The summed E-state index contributed by atoms with van der Waals surface area (Å²) in [5.41, 5.74) is -1.13. The molecular weight excluding hydrogens is 232 g/mol. The fourth-order valence-corrected chi connectivity index (χ4v) is 2.42. The molecule has 0 aromatic heterocycles. The fourth-order valence-electron chi connectivity index (χ4n) is 2.42. The van der Waals surface area contributed by atoms with Crippen LogP contribution in [0.4, 0.5) is 4.79 Å². The van der Waals surface area contributed by atoms with Crippen molar-refractivity contribution in [2.75, 3.05) is 6.54 Å². The molecule has 0 saturated heterocycles. The van der Waals surface area contributed by atoms with E-state index in [0.717, 1.165) is 12.8 Å². The van der Waals surface area contributed by atoms with Crippen LogP contribution in [0.25, 0.3) is 0 Å². The Hall–Kier alpha value is -1.70. The molecule has 5 nitrogen and oxygen atoms in total. The van der Waals surface area contributed by atoms with Crippen LogP contribution in [0.2, 0.25) is 0 Å². The van der Waals surface area contributed by atoms with Crippen molar-refractivity contribution in [1.29, 1.82) is 0 Å². The Labute approximate surface area is 107 Å². The third kappa shape index (κ3) is 3.66. The van der Waals surface area contributed by atoms with Crippen molar-refractivity contribution in [3.63, 3.8) is 0 Å². The van der Waals surface area contributed by atoms with E-state index < -0.39 is 17.5 Å². The molecule has 3 N–H and O–H groups in total. The van der Waals surface area contributed by atoms with E-state index in [1.807, 2.05) is 6.92 Å². The summed E-state index contributed by atoms with van der Waals surface area (Å²) in [6.07, 6.45) is 8.30. The first kappa shape index (κ1) is 14.4. The average Bonchev–Trinajstić information content (AvgIpc) is 2.29. The van der Waals surface area contributed by atoms with Gasteiger partial charge in [-0.25, -0.2) is 9.59 Å². The molecule has 0 aliphatic heterocycles. The van der Waals surface area contributed by atoms with Gasteiger partial charge in [-0.15, -0.1) is 12.3 Å². The van der Waals surface area contributed by atoms with Crippen LogP contribution in [0.3, 0.4) is 0 Å². The first-order chi connectivity index (χ1) is 8.50. The number of carboxylic acids is 1. The Kier molecular flexibility index (Phi) is 5.02. The zero-order valence-electron chi connectivity index (χ0n) is 10.7. The van der Waals surface area contributed by atoms with Crippen LogP contribution in [0, 0.1) is 18.3 Å². The average molecular weight is 252 g/mol. The molecule has 2 atom stereocenters. The molecule has 1 rings (SSSR count). The van der Waals surface area contributed by atoms with Gasteiger partial charge in [-0.2, -0.15) is 0 Å². The van der Waals surface area contributed by atoms with E-state index in [9.17, 15) is 14.7 Å². The molecule has 5 heteroatoms. The minimum absolute atomic E-state index is 0.306. The van der Waals surface area contributed by atoms with Gasteiger partial charge in [0.2, 0.25) is 0 Å². The number of amides is 2. The van der Waals surface area contributed by atoms with Gasteiger partial charge in [0.25, 0.3) is 0 Å². The Morgan fingerprint density at radius 2 is 2.28 bits per heavy atom. The summed E-state index contributed by atoms with van der Waals surface area (Å²) >= 11 is 0. The molecular formula is C13H20N2O3. The largest absolute Gasteiger partial charge is 0.480 e. The molecule has 0 aromatic carbocycles. The van der Waals surface area contributed by atoms with Crippen molar-refractivity contribution in [3.8, 4) is 12.3 Å². The van der Waals surface area contributed by atoms with Crippen molar-refractivity contribution in [1.82, 2.24) is 10.6 Å². The summed E-state index contributed by atoms with van der Waals surface area (Å²) in [6, 6.07) is -0.457. The van der Waals surface area contributed by atoms with Crippen LogP contribution in [0.15, 0.2) is 0 Å². The SMILES string of the molecule is C#CCCNC(=O)NC1(C(=O)O)CCCC(C)C1. The van der Waals surface area contributed by atoms with Crippen LogP contribution < -0.4 is 10.6 Å². The highest BCUT2D eigenvalue weighted by molar-refractivity contribution is 5.86. The van der Waals surface area contributed by atoms with Gasteiger partial charge in [-0.3, -0.25) is 0 Å². The number of hydrogen-bond acceptors (Lipinski definition) is 2. The van der Waals surface area contributed by atoms with Gasteiger partial charge >= 0.3 is 12.0 Å². The minimum atomic E-state index is -1.13. The van der Waals surface area contributed by atoms with Crippen LogP contribution in [0.5, 0.6) is 0 Å². The highest BCUT2D eigenvalue weighted by Gasteiger charge is 2.43. The molecule has 0 aromatic rings. The topological polar surface area (TPSA) is 78.4 Å². The fraction of sp³-hybridized carbons (Fsp3) is 0.692. The zero-order chi connectivity index (χ0) is 13.6. The van der Waals surface area contributed by atoms with E-state index >= 15 is 0 Å². The number of hydrogen-bond donors (Lipinski definition) is 3. The number of nitrogens with one attached hydrogen (secondary N) is 2. The van der Waals surface area contributed by atoms with Gasteiger partial charge < -0.3 is 15.7 Å². The van der Waals surface area contributed by atoms with Crippen molar-refractivity contribution >= 4 is 12.0 Å². The van der Waals surface area contributed by atoms with E-state index in [0.29, 0.717) is 31.7 Å². The maximum Gasteiger partial charge on any atom is 0.329 e. The molecule has 2 unspecified atom stereocenters. The van der Waals surface area contributed by atoms with Crippen molar-refractivity contribution < 1.29 is 14.7 Å². The maximum atomic E-state index is 11.6. The summed E-state index contributed by atoms with van der Waals surface area (Å²) < 4.78 is 0. The molecule has 2 amide bonds. The molecule has 1 aliphatic rings. The van der Waals surface area contributed by atoms with Gasteiger partial charge in [-0.05, 0) is 18.8 Å². The molecule has 18 heavy (non-hydrogen) atoms. The van der Waals surface area contributed by atoms with Gasteiger partial charge in [-0.1, -0.05) is 19.8 Å². The smallest absolute Gasteiger partial charge is 0.329 e. The lowest BCUT2D eigenvalue weighted by Crippen LogP contribution is -2.59. The van der Waals surface area contributed by atoms with E-state index in [1.54, 1.807) is 0 Å². The van der Waals surface area contributed by atoms with Crippen LogP contribution in [0.1, 0.15) is 39.0 Å². The molecule has 0 radical (unpaired) electrons. The minimum Gasteiger partial charge on any atom is -0.480 e. The van der Waals surface area contributed by atoms with Crippen molar-refractivity contribution in [2.24, 2.45) is 5.92 Å². The van der Waals surface area contributed by atoms with E-state index in [1.165, 1.54) is 0 Å². The monoisotopic (exact) mass is 252 g/mol. The van der Waals surface area contributed by atoms with Crippen LogP contribution in [-0.2, 0) is 4.79 Å². The van der Waals surface area contributed by atoms with Gasteiger partial charge in [0.15, 0.2) is 0 Å². The maximum absolute atomic E-state index is 11.6. The first-order valence-corrected chi connectivity index (χ1v) is 6.23. The lowest BCUT2D eigenvalue weighted by molar-refractivity contribution is -0.146. The summed E-state index contributed by atoms with van der Waals surface area (Å²) in [4.78, 5) is 23.1. The Balaban J connectivity index is 2.60. The third-order valence-electron chi connectivity index (χ3n) is 3.31. The molecule has 0 spiro atoms. The predicted molar refractivity (Wildman–Crippen MR) is 68.0 cm³/mol. The second-order valence-electron chi connectivity index (χ2n) is 4.92. The molecule has 1 fully saturated rings. The number of rotatable bonds is 4. The predicted octanol–water partition coefficient (Wildman–Crippen LogP) is 1.34. The number of aliphatic carboxylic acids is 1. The highest BCUT2D eigenvalue weighted by Crippen LogP contribution is 2.32. The van der Waals surface area contributed by atoms with Crippen LogP contribution in [-0.4, -0.2) is 29.2 Å². The van der Waals surface area contributed by atoms with Crippen molar-refractivity contribution in [2.45, 2.75) is 44.6 Å². The number of carbonyl (C=O) groups excluding carboxylic acids is 1. The van der Waals surface area contributed by atoms with Gasteiger partial charge in [0.05, 0.1) is 0 Å². The van der Waals surface area contributed by atoms with E-state index in [2.05, 4.69) is 16.6 Å². The molecule has 1 saturated carbocycles. The Morgan fingerprint density at radius 3 is 2.83 bits per heavy atom. The summed E-state index contributed by atoms with van der Waals surface area (Å²) in [7, 11) is 0. The Bertz CT molecular complexity index is 362. The van der Waals surface area contributed by atoms with E-state index in [-0.39, 0.29) is 0 Å². The lowest BCUT2D eigenvalue weighted by atomic mass is 9.76. The second-order valence-corrected chi connectivity index (χ2v) is 4.92. The quantitative estimate of drug-likeness (QED) is 0.522. The van der Waals surface area contributed by atoms with Gasteiger partial charge in [0.1, 0.15) is 5.54 Å². The van der Waals surface area contributed by atoms with Crippen LogP contribution >= 0.6 is 0 Å². The highest BCUT2D eigenvalue weighted by atomic mass is 16.4. The third-order valence-corrected chi connectivity index (χ3v) is 3.31. The number of carbonyl (C=O) groups is 2. The normalized spacial score (nSPS) is 27.0. The second kappa shape index (κ2) is 6.29. The number of carboxylic acid groups (broad SMARTS) is 1. The first-order valence-electron chi connectivity index (χ1n) is 6.23. The molecule has 0 bridgehead atoms. The molecule has 100 valence electrons. The Morgan fingerprint density at radius 1 is 1.56 bits per heavy atom. The lowest BCUT2D eigenvalue weighted by Gasteiger charge is -2.36. The number of terminal acetylenes is 1. The molecule has 0 heterocycles. The zero-order valence-corrected chi connectivity index (χ0v) is 10.7.